The van der Waals surface area contributed by atoms with Crippen LogP contribution in [0.4, 0.5) is 22.4 Å². The van der Waals surface area contributed by atoms with Crippen LogP contribution in [-0.2, 0) is 19.5 Å². The van der Waals surface area contributed by atoms with Crippen LogP contribution in [0.3, 0.4) is 0 Å². The highest BCUT2D eigenvalue weighted by Gasteiger charge is 2.27. The lowest BCUT2D eigenvalue weighted by Gasteiger charge is -2.27. The zero-order chi connectivity index (χ0) is 26.1. The molecule has 190 valence electrons. The second-order valence-corrected chi connectivity index (χ2v) is 9.15. The molecule has 10 heteroatoms. The summed E-state index contributed by atoms with van der Waals surface area (Å²) in [6, 6.07) is 8.54. The average Bonchev–Trinajstić information content (AvgIpc) is 3.17. The van der Waals surface area contributed by atoms with Crippen LogP contribution in [0.25, 0.3) is 17.0 Å². The Hall–Kier alpha value is -3.69. The van der Waals surface area contributed by atoms with E-state index in [1.54, 1.807) is 18.2 Å². The molecular weight excluding hydrogens is 508 g/mol. The highest BCUT2D eigenvalue weighted by molar-refractivity contribution is 6.31. The predicted octanol–water partition coefficient (Wildman–Crippen LogP) is 6.08. The summed E-state index contributed by atoms with van der Waals surface area (Å²) in [5.41, 5.74) is 2.83. The number of hydrogen-bond donors (Lipinski definition) is 1. The van der Waals surface area contributed by atoms with Crippen LogP contribution in [0.2, 0.25) is 5.02 Å². The van der Waals surface area contributed by atoms with Gasteiger partial charge in [-0.05, 0) is 47.5 Å². The molecule has 1 aliphatic rings. The maximum atomic E-state index is 14.4. The molecule has 1 N–H and O–H groups in total. The molecule has 2 aromatic heterocycles. The zero-order valence-corrected chi connectivity index (χ0v) is 20.2. The van der Waals surface area contributed by atoms with Crippen molar-refractivity contribution in [1.29, 1.82) is 0 Å². The van der Waals surface area contributed by atoms with E-state index in [1.807, 2.05) is 0 Å². The topological polar surface area (TPSA) is 50.2 Å². The van der Waals surface area contributed by atoms with Crippen LogP contribution in [0.1, 0.15) is 22.4 Å². The lowest BCUT2D eigenvalue weighted by Crippen LogP contribution is -2.34. The van der Waals surface area contributed by atoms with E-state index in [9.17, 15) is 22.4 Å². The number of rotatable bonds is 5. The van der Waals surface area contributed by atoms with Crippen LogP contribution in [0.15, 0.2) is 54.7 Å². The SMILES string of the molecule is O=C(NCc1ccnc(F)c1)n1c2c(c3cc(F)c(Cl)cc31)CN(CC=Cc1ccc(F)cc1F)CC2. The van der Waals surface area contributed by atoms with Crippen molar-refractivity contribution in [3.8, 4) is 0 Å². The van der Waals surface area contributed by atoms with Gasteiger partial charge in [-0.25, -0.2) is 22.9 Å². The first-order chi connectivity index (χ1) is 17.8. The second-order valence-electron chi connectivity index (χ2n) is 8.74. The van der Waals surface area contributed by atoms with E-state index in [0.717, 1.165) is 17.3 Å². The van der Waals surface area contributed by atoms with Crippen LogP contribution in [0, 0.1) is 23.4 Å². The number of carbonyl (C=O) groups is 1. The summed E-state index contributed by atoms with van der Waals surface area (Å²) in [5, 5.41) is 3.25. The van der Waals surface area contributed by atoms with Gasteiger partial charge in [0, 0.05) is 61.5 Å². The molecule has 5 nitrogen and oxygen atoms in total. The number of nitrogens with zero attached hydrogens (tertiary/aromatic N) is 3. The fraction of sp³-hybridized carbons (Fsp3) is 0.185. The number of nitrogens with one attached hydrogen (secondary N) is 1. The van der Waals surface area contributed by atoms with Crippen molar-refractivity contribution in [1.82, 2.24) is 19.8 Å². The van der Waals surface area contributed by atoms with E-state index in [2.05, 4.69) is 15.2 Å². The molecular formula is C27H21ClF4N4O. The summed E-state index contributed by atoms with van der Waals surface area (Å²) >= 11 is 6.05. The Labute approximate surface area is 215 Å². The number of aromatic nitrogens is 2. The molecule has 1 amide bonds. The summed E-state index contributed by atoms with van der Waals surface area (Å²) in [4.78, 5) is 18.8. The van der Waals surface area contributed by atoms with Crippen LogP contribution in [0.5, 0.6) is 0 Å². The zero-order valence-electron chi connectivity index (χ0n) is 19.4. The van der Waals surface area contributed by atoms with Gasteiger partial charge < -0.3 is 5.32 Å². The van der Waals surface area contributed by atoms with Gasteiger partial charge >= 0.3 is 6.03 Å². The van der Waals surface area contributed by atoms with E-state index in [4.69, 9.17) is 11.6 Å². The van der Waals surface area contributed by atoms with E-state index < -0.39 is 29.4 Å². The standard InChI is InChI=1S/C27H21ClF4N4O/c28-21-13-25-19(12-23(21)31)20-15-35(8-1-2-17-3-4-18(29)11-22(17)30)9-6-24(20)36(25)27(37)34-14-16-5-7-33-26(32)10-16/h1-5,7,10-13H,6,8-9,14-15H2,(H,34,37). The Kier molecular flexibility index (Phi) is 6.99. The average molecular weight is 529 g/mol. The fourth-order valence-electron chi connectivity index (χ4n) is 4.57. The molecule has 0 atom stereocenters. The first-order valence-corrected chi connectivity index (χ1v) is 11.9. The minimum absolute atomic E-state index is 0.0819. The molecule has 4 aromatic rings. The third-order valence-electron chi connectivity index (χ3n) is 6.33. The largest absolute Gasteiger partial charge is 0.333 e. The number of pyridine rings is 1. The quantitative estimate of drug-likeness (QED) is 0.252. The Morgan fingerprint density at radius 1 is 1.08 bits per heavy atom. The van der Waals surface area contributed by atoms with Gasteiger partial charge in [0.25, 0.3) is 0 Å². The predicted molar refractivity (Wildman–Crippen MR) is 133 cm³/mol. The number of fused-ring (bicyclic) bond motifs is 3. The molecule has 0 radical (unpaired) electrons. The van der Waals surface area contributed by atoms with Crippen LogP contribution in [-0.4, -0.2) is 33.6 Å². The van der Waals surface area contributed by atoms with Gasteiger partial charge in [-0.3, -0.25) is 9.47 Å². The molecule has 5 rings (SSSR count). The van der Waals surface area contributed by atoms with E-state index >= 15 is 0 Å². The van der Waals surface area contributed by atoms with E-state index in [0.29, 0.717) is 42.5 Å². The van der Waals surface area contributed by atoms with Gasteiger partial charge in [0.05, 0.1) is 10.5 Å². The summed E-state index contributed by atoms with van der Waals surface area (Å²) in [7, 11) is 0. The number of halogens is 5. The molecule has 3 heterocycles. The first-order valence-electron chi connectivity index (χ1n) is 11.5. The van der Waals surface area contributed by atoms with Gasteiger partial charge in [-0.15, -0.1) is 0 Å². The molecule has 0 spiro atoms. The minimum atomic E-state index is -0.645. The van der Waals surface area contributed by atoms with Crippen molar-refractivity contribution in [3.05, 3.63) is 106 Å². The molecule has 0 bridgehead atoms. The number of carbonyl (C=O) groups excluding carboxylic acids is 1. The first kappa shape index (κ1) is 25.0. The number of amides is 1. The minimum Gasteiger partial charge on any atom is -0.333 e. The monoisotopic (exact) mass is 528 g/mol. The van der Waals surface area contributed by atoms with Crippen molar-refractivity contribution >= 4 is 34.6 Å². The lowest BCUT2D eigenvalue weighted by atomic mass is 10.0. The Balaban J connectivity index is 1.40. The summed E-state index contributed by atoms with van der Waals surface area (Å²) in [6.45, 7) is 1.58. The Morgan fingerprint density at radius 3 is 2.70 bits per heavy atom. The van der Waals surface area contributed by atoms with Crippen molar-refractivity contribution in [2.45, 2.75) is 19.5 Å². The molecule has 2 aromatic carbocycles. The van der Waals surface area contributed by atoms with Crippen LogP contribution >= 0.6 is 11.6 Å². The molecule has 0 fully saturated rings. The summed E-state index contributed by atoms with van der Waals surface area (Å²) in [6.07, 6.45) is 5.18. The maximum absolute atomic E-state index is 14.4. The molecule has 0 saturated heterocycles. The van der Waals surface area contributed by atoms with E-state index in [1.165, 1.54) is 41.1 Å². The highest BCUT2D eigenvalue weighted by atomic mass is 35.5. The van der Waals surface area contributed by atoms with Crippen molar-refractivity contribution < 1.29 is 22.4 Å². The van der Waals surface area contributed by atoms with Crippen molar-refractivity contribution in [2.75, 3.05) is 13.1 Å². The van der Waals surface area contributed by atoms with Gasteiger partial charge in [0.1, 0.15) is 17.5 Å². The Bertz CT molecular complexity index is 1530. The Morgan fingerprint density at radius 2 is 1.92 bits per heavy atom. The number of hydrogen-bond acceptors (Lipinski definition) is 3. The van der Waals surface area contributed by atoms with Crippen molar-refractivity contribution in [3.63, 3.8) is 0 Å². The third kappa shape index (κ3) is 5.23. The molecule has 0 unspecified atom stereocenters. The summed E-state index contributed by atoms with van der Waals surface area (Å²) < 4.78 is 56.4. The van der Waals surface area contributed by atoms with E-state index in [-0.39, 0.29) is 17.1 Å². The summed E-state index contributed by atoms with van der Waals surface area (Å²) in [5.74, 6) is -2.52. The van der Waals surface area contributed by atoms with Crippen molar-refractivity contribution in [2.24, 2.45) is 0 Å². The maximum Gasteiger partial charge on any atom is 0.326 e. The fourth-order valence-corrected chi connectivity index (χ4v) is 4.73. The van der Waals surface area contributed by atoms with Gasteiger partial charge in [0.15, 0.2) is 0 Å². The van der Waals surface area contributed by atoms with Gasteiger partial charge in [-0.2, -0.15) is 4.39 Å². The third-order valence-corrected chi connectivity index (χ3v) is 6.62. The molecule has 0 aliphatic carbocycles. The molecule has 37 heavy (non-hydrogen) atoms. The second kappa shape index (κ2) is 10.4. The lowest BCUT2D eigenvalue weighted by molar-refractivity contribution is 0.240. The molecule has 0 saturated carbocycles. The number of benzene rings is 2. The highest BCUT2D eigenvalue weighted by Crippen LogP contribution is 2.34. The molecule has 1 aliphatic heterocycles. The van der Waals surface area contributed by atoms with Gasteiger partial charge in [-0.1, -0.05) is 23.8 Å². The van der Waals surface area contributed by atoms with Gasteiger partial charge in [0.2, 0.25) is 5.95 Å². The smallest absolute Gasteiger partial charge is 0.326 e. The van der Waals surface area contributed by atoms with Crippen LogP contribution < -0.4 is 5.32 Å². The normalized spacial score (nSPS) is 13.9.